The third kappa shape index (κ3) is 28.8. The van der Waals surface area contributed by atoms with E-state index in [1.807, 2.05) is 87.6 Å². The van der Waals surface area contributed by atoms with E-state index in [2.05, 4.69) is 134 Å². The summed E-state index contributed by atoms with van der Waals surface area (Å²) in [6.07, 6.45) is -0.782. The SMILES string of the molecule is CC(=O)OCc1ccc(C(C)C)o1.CC(C)c1ccc(C(F)(F)F)cc1.CC(C)c1ccc(CO)o1.CC(C)c1ccco1.CC(C)c1cccs1.Cc1cc(C(C)C)oc1C.Cc1ccc(C(C)C)o1.Cc1ccoc1C(C)C. The number of ether oxygens (including phenoxy) is 1. The van der Waals surface area contributed by atoms with Crippen molar-refractivity contribution in [1.29, 1.82) is 0 Å². The van der Waals surface area contributed by atoms with Crippen LogP contribution in [0, 0.1) is 27.7 Å². The number of thiophene rings is 1. The number of hydrogen-bond donors (Lipinski definition) is 1. The Labute approximate surface area is 481 Å². The predicted molar refractivity (Wildman–Crippen MR) is 321 cm³/mol. The smallest absolute Gasteiger partial charge is 0.416 e. The Hall–Kier alpha value is -6.18. The summed E-state index contributed by atoms with van der Waals surface area (Å²) in [7, 11) is 0. The Bertz CT molecular complexity index is 2730. The number of aliphatic hydroxyl groups is 1. The Morgan fingerprint density at radius 2 is 1.05 bits per heavy atom. The van der Waals surface area contributed by atoms with Gasteiger partial charge in [-0.25, -0.2) is 0 Å². The zero-order valence-electron chi connectivity index (χ0n) is 51.8. The van der Waals surface area contributed by atoms with Crippen molar-refractivity contribution in [3.8, 4) is 0 Å². The molecule has 80 heavy (non-hydrogen) atoms. The van der Waals surface area contributed by atoms with Gasteiger partial charge in [-0.2, -0.15) is 13.2 Å². The van der Waals surface area contributed by atoms with Crippen LogP contribution in [0.15, 0.2) is 141 Å². The van der Waals surface area contributed by atoms with Gasteiger partial charge in [-0.15, -0.1) is 11.3 Å². The minimum absolute atomic E-state index is 0.00722. The van der Waals surface area contributed by atoms with E-state index >= 15 is 0 Å². The summed E-state index contributed by atoms with van der Waals surface area (Å²) < 4.78 is 73.0. The molecule has 9 nitrogen and oxygen atoms in total. The number of aryl methyl sites for hydroxylation is 4. The van der Waals surface area contributed by atoms with Crippen molar-refractivity contribution in [2.75, 3.05) is 0 Å². The highest BCUT2D eigenvalue weighted by atomic mass is 32.1. The summed E-state index contributed by atoms with van der Waals surface area (Å²) in [5.74, 6) is 13.1. The lowest BCUT2D eigenvalue weighted by atomic mass is 10.0. The van der Waals surface area contributed by atoms with Crippen molar-refractivity contribution in [3.05, 3.63) is 200 Å². The van der Waals surface area contributed by atoms with Crippen molar-refractivity contribution in [2.24, 2.45) is 0 Å². The Kier molecular flexibility index (Phi) is 33.2. The highest BCUT2D eigenvalue weighted by Gasteiger charge is 2.30. The normalized spacial score (nSPS) is 10.9. The van der Waals surface area contributed by atoms with E-state index in [0.29, 0.717) is 52.9 Å². The molecule has 0 fully saturated rings. The van der Waals surface area contributed by atoms with E-state index in [4.69, 9.17) is 36.3 Å². The molecule has 7 aromatic heterocycles. The lowest BCUT2D eigenvalue weighted by Crippen LogP contribution is -2.04. The number of halogens is 3. The maximum Gasteiger partial charge on any atom is 0.416 e. The average molecular weight is 1130 g/mol. The predicted octanol–water partition coefficient (Wildman–Crippen LogP) is 21.9. The molecule has 1 N–H and O–H groups in total. The quantitative estimate of drug-likeness (QED) is 0.126. The topological polar surface area (TPSA) is 125 Å². The number of furan rings is 6. The van der Waals surface area contributed by atoms with Gasteiger partial charge >= 0.3 is 12.1 Å². The number of carbonyl (C=O) groups is 1. The fourth-order valence-corrected chi connectivity index (χ4v) is 7.41. The molecule has 0 aliphatic carbocycles. The molecule has 0 saturated carbocycles. The number of benzene rings is 1. The Morgan fingerprint density at radius 1 is 0.525 bits per heavy atom. The van der Waals surface area contributed by atoms with Gasteiger partial charge < -0.3 is 36.3 Å². The van der Waals surface area contributed by atoms with Gasteiger partial charge in [0.15, 0.2) is 0 Å². The van der Waals surface area contributed by atoms with E-state index in [0.717, 1.165) is 63.8 Å². The van der Waals surface area contributed by atoms with Crippen LogP contribution in [0.3, 0.4) is 0 Å². The third-order valence-corrected chi connectivity index (χ3v) is 12.9. The van der Waals surface area contributed by atoms with E-state index in [9.17, 15) is 18.0 Å². The van der Waals surface area contributed by atoms with Crippen LogP contribution in [0.2, 0.25) is 0 Å². The summed E-state index contributed by atoms with van der Waals surface area (Å²) >= 11 is 1.83. The molecular formula is C67H95F3O9S. The first-order valence-corrected chi connectivity index (χ1v) is 28.6. The molecule has 0 aliphatic heterocycles. The van der Waals surface area contributed by atoms with Gasteiger partial charge in [0.05, 0.1) is 18.1 Å². The Balaban J connectivity index is 0.000000460. The number of aliphatic hydroxyl groups excluding tert-OH is 1. The molecule has 7 heterocycles. The molecule has 444 valence electrons. The van der Waals surface area contributed by atoms with Gasteiger partial charge in [-0.3, -0.25) is 4.79 Å². The summed E-state index contributed by atoms with van der Waals surface area (Å²) in [5, 5.41) is 10.8. The van der Waals surface area contributed by atoms with Crippen LogP contribution in [0.4, 0.5) is 13.2 Å². The molecule has 13 heteroatoms. The van der Waals surface area contributed by atoms with Crippen LogP contribution in [0.1, 0.15) is 250 Å². The molecule has 8 aromatic rings. The second-order valence-electron chi connectivity index (χ2n) is 21.7. The van der Waals surface area contributed by atoms with Crippen LogP contribution in [-0.4, -0.2) is 11.1 Å². The summed E-state index contributed by atoms with van der Waals surface area (Å²) in [6, 6.07) is 29.0. The van der Waals surface area contributed by atoms with E-state index in [1.165, 1.54) is 35.1 Å². The van der Waals surface area contributed by atoms with Crippen LogP contribution >= 0.6 is 11.3 Å². The molecule has 0 saturated heterocycles. The first-order chi connectivity index (χ1) is 37.4. The van der Waals surface area contributed by atoms with E-state index < -0.39 is 11.7 Å². The lowest BCUT2D eigenvalue weighted by molar-refractivity contribution is -0.142. The summed E-state index contributed by atoms with van der Waals surface area (Å²) in [6.45, 7) is 43.2. The van der Waals surface area contributed by atoms with Crippen LogP contribution in [0.25, 0.3) is 0 Å². The first-order valence-electron chi connectivity index (χ1n) is 27.7. The van der Waals surface area contributed by atoms with Crippen LogP contribution < -0.4 is 0 Å². The van der Waals surface area contributed by atoms with Gasteiger partial charge in [-0.05, 0) is 140 Å². The third-order valence-electron chi connectivity index (χ3n) is 11.7. The number of hydrogen-bond acceptors (Lipinski definition) is 10. The van der Waals surface area contributed by atoms with Crippen molar-refractivity contribution in [1.82, 2.24) is 0 Å². The van der Waals surface area contributed by atoms with E-state index in [1.54, 1.807) is 18.6 Å². The molecule has 0 radical (unpaired) electrons. The van der Waals surface area contributed by atoms with Gasteiger partial charge in [-0.1, -0.05) is 129 Å². The summed E-state index contributed by atoms with van der Waals surface area (Å²) in [5.41, 5.74) is 2.85. The Morgan fingerprint density at radius 3 is 1.32 bits per heavy atom. The number of carbonyl (C=O) groups excluding carboxylic acids is 1. The minimum Gasteiger partial charge on any atom is -0.469 e. The van der Waals surface area contributed by atoms with E-state index in [-0.39, 0.29) is 25.1 Å². The molecule has 0 amide bonds. The maximum atomic E-state index is 12.1. The molecule has 0 unspecified atom stereocenters. The molecule has 8 rings (SSSR count). The number of esters is 1. The second-order valence-corrected chi connectivity index (χ2v) is 22.7. The fraction of sp³-hybridized carbons (Fsp3) is 0.478. The maximum absolute atomic E-state index is 12.1. The van der Waals surface area contributed by atoms with Crippen LogP contribution in [-0.2, 0) is 28.9 Å². The number of alkyl halides is 3. The second kappa shape index (κ2) is 37.0. The molecule has 0 spiro atoms. The zero-order chi connectivity index (χ0) is 60.9. The molecule has 0 atom stereocenters. The van der Waals surface area contributed by atoms with Gasteiger partial charge in [0.1, 0.15) is 70.8 Å². The van der Waals surface area contributed by atoms with Crippen molar-refractivity contribution >= 4 is 17.3 Å². The molecule has 1 aromatic carbocycles. The van der Waals surface area contributed by atoms with Crippen molar-refractivity contribution in [2.45, 2.75) is 212 Å². The largest absolute Gasteiger partial charge is 0.469 e. The average Bonchev–Trinajstić information content (AvgIpc) is 4.25. The van der Waals surface area contributed by atoms with Crippen molar-refractivity contribution < 1.29 is 54.3 Å². The van der Waals surface area contributed by atoms with Crippen molar-refractivity contribution in [3.63, 3.8) is 0 Å². The first kappa shape index (κ1) is 71.8. The monoisotopic (exact) mass is 1130 g/mol. The lowest BCUT2D eigenvalue weighted by Gasteiger charge is -2.09. The van der Waals surface area contributed by atoms with Crippen LogP contribution in [0.5, 0.6) is 0 Å². The van der Waals surface area contributed by atoms with Gasteiger partial charge in [0.25, 0.3) is 0 Å². The van der Waals surface area contributed by atoms with Gasteiger partial charge in [0, 0.05) is 47.3 Å². The number of rotatable bonds is 11. The minimum atomic E-state index is -4.23. The summed E-state index contributed by atoms with van der Waals surface area (Å²) in [4.78, 5) is 12.0. The highest BCUT2D eigenvalue weighted by molar-refractivity contribution is 7.10. The standard InChI is InChI=1S/C10H11F3.C10H14O3.C9H14O.C8H12O2.2C8H12O.C7H10O.C7H10S/c1-7(2)8-3-5-9(6-4-8)10(11,12)13;1-7(2)10-5-4-9(13-10)6-12-8(3)11;1-6(2)9-5-7(3)8(4)10-9;1-6(2)8-4-3-7(5-9)10-8;1-6(2)8-7(3)4-5-9-8;1-6(2)8-5-4-7(3)9-8;2*1-6(2)7-4-3-5-8-7/h3-7H,1-2H3;4-5,7H,6H2,1-3H3;5-6H,1-4H3;3-4,6,9H,5H2,1-2H3;2*4-6H,1-3H3;2*3-6H,1-2H3. The van der Waals surface area contributed by atoms with Gasteiger partial charge in [0.2, 0.25) is 0 Å². The zero-order valence-corrected chi connectivity index (χ0v) is 52.6. The highest BCUT2D eigenvalue weighted by Crippen LogP contribution is 2.30. The fourth-order valence-electron chi connectivity index (χ4n) is 6.67. The molecule has 0 bridgehead atoms. The molecular weight excluding hydrogens is 1040 g/mol. The molecule has 0 aliphatic rings.